The summed E-state index contributed by atoms with van der Waals surface area (Å²) in [5.74, 6) is 2.29. The molecular formula is C24H21N3O3. The zero-order chi connectivity index (χ0) is 20.6. The lowest BCUT2D eigenvalue weighted by atomic mass is 9.68. The lowest BCUT2D eigenvalue weighted by molar-refractivity contribution is 0.411. The molecule has 1 aliphatic carbocycles. The molecule has 0 saturated heterocycles. The van der Waals surface area contributed by atoms with Crippen LogP contribution in [0.2, 0.25) is 0 Å². The Hall–Kier alpha value is -3.80. The number of H-pyrrole nitrogens is 1. The first-order chi connectivity index (χ1) is 14.7. The molecule has 0 amide bonds. The van der Waals surface area contributed by atoms with Gasteiger partial charge in [-0.1, -0.05) is 36.4 Å². The van der Waals surface area contributed by atoms with Gasteiger partial charge in [0.1, 0.15) is 17.2 Å². The fraction of sp³-hybridized carbons (Fsp3) is 0.167. The Balaban J connectivity index is 1.68. The number of fused-ring (bicyclic) bond motifs is 1. The summed E-state index contributed by atoms with van der Waals surface area (Å²) in [6.45, 7) is 0. The molecule has 0 bridgehead atoms. The minimum absolute atomic E-state index is 0.401. The van der Waals surface area contributed by atoms with Crippen molar-refractivity contribution in [1.29, 1.82) is 0 Å². The summed E-state index contributed by atoms with van der Waals surface area (Å²) in [7, 11) is 3.37. The third kappa shape index (κ3) is 2.88. The number of aromatic nitrogens is 3. The predicted octanol–water partition coefficient (Wildman–Crippen LogP) is 4.64. The van der Waals surface area contributed by atoms with E-state index in [2.05, 4.69) is 51.6 Å². The van der Waals surface area contributed by atoms with Crippen LogP contribution in [0, 0.1) is 0 Å². The highest BCUT2D eigenvalue weighted by Gasteiger charge is 2.37. The van der Waals surface area contributed by atoms with Gasteiger partial charge in [0.15, 0.2) is 12.2 Å². The van der Waals surface area contributed by atoms with E-state index < -0.39 is 5.41 Å². The molecule has 2 heterocycles. The Morgan fingerprint density at radius 2 is 1.70 bits per heavy atom. The molecule has 30 heavy (non-hydrogen) atoms. The van der Waals surface area contributed by atoms with E-state index in [1.807, 2.05) is 24.3 Å². The van der Waals surface area contributed by atoms with E-state index in [0.717, 1.165) is 39.6 Å². The molecular weight excluding hydrogens is 378 g/mol. The summed E-state index contributed by atoms with van der Waals surface area (Å²) < 4.78 is 16.5. The van der Waals surface area contributed by atoms with Gasteiger partial charge in [0.25, 0.3) is 0 Å². The molecule has 6 heteroatoms. The molecule has 1 N–H and O–H groups in total. The maximum Gasteiger partial charge on any atom is 0.181 e. The van der Waals surface area contributed by atoms with Crippen LogP contribution in [-0.2, 0) is 11.8 Å². The summed E-state index contributed by atoms with van der Waals surface area (Å²) in [6.07, 6.45) is 8.14. The maximum atomic E-state index is 5.51. The van der Waals surface area contributed by atoms with Gasteiger partial charge >= 0.3 is 0 Å². The Labute approximate surface area is 174 Å². The molecule has 0 saturated carbocycles. The molecule has 1 aliphatic rings. The lowest BCUT2D eigenvalue weighted by Crippen LogP contribution is -2.30. The summed E-state index contributed by atoms with van der Waals surface area (Å²) in [6, 6.07) is 16.4. The van der Waals surface area contributed by atoms with Gasteiger partial charge in [-0.25, -0.2) is 4.98 Å². The van der Waals surface area contributed by atoms with Crippen LogP contribution in [0.15, 0.2) is 71.6 Å². The van der Waals surface area contributed by atoms with Crippen molar-refractivity contribution >= 4 is 6.08 Å². The first-order valence-corrected chi connectivity index (χ1v) is 9.68. The van der Waals surface area contributed by atoms with Gasteiger partial charge in [0.05, 0.1) is 20.4 Å². The zero-order valence-electron chi connectivity index (χ0n) is 16.8. The average molecular weight is 399 g/mol. The van der Waals surface area contributed by atoms with Crippen LogP contribution in [-0.4, -0.2) is 29.4 Å². The number of rotatable bonds is 5. The number of ether oxygens (including phenoxy) is 2. The van der Waals surface area contributed by atoms with Crippen LogP contribution in [0.1, 0.15) is 22.4 Å². The topological polar surface area (TPSA) is 73.2 Å². The summed E-state index contributed by atoms with van der Waals surface area (Å²) in [5.41, 5.74) is 4.69. The summed E-state index contributed by atoms with van der Waals surface area (Å²) >= 11 is 0. The van der Waals surface area contributed by atoms with Crippen LogP contribution in [0.4, 0.5) is 0 Å². The maximum absolute atomic E-state index is 5.51. The van der Waals surface area contributed by atoms with Crippen molar-refractivity contribution in [2.24, 2.45) is 0 Å². The number of nitrogens with one attached hydrogen (secondary N) is 1. The van der Waals surface area contributed by atoms with Crippen molar-refractivity contribution in [1.82, 2.24) is 15.2 Å². The van der Waals surface area contributed by atoms with Crippen LogP contribution in [0.25, 0.3) is 17.5 Å². The van der Waals surface area contributed by atoms with Crippen molar-refractivity contribution in [2.75, 3.05) is 14.2 Å². The molecule has 150 valence electrons. The van der Waals surface area contributed by atoms with E-state index in [1.54, 1.807) is 20.4 Å². The van der Waals surface area contributed by atoms with Crippen LogP contribution >= 0.6 is 0 Å². The highest BCUT2D eigenvalue weighted by molar-refractivity contribution is 5.74. The Bertz CT molecular complexity index is 1160. The third-order valence-corrected chi connectivity index (χ3v) is 5.71. The van der Waals surface area contributed by atoms with Crippen molar-refractivity contribution in [3.63, 3.8) is 0 Å². The second-order valence-corrected chi connectivity index (χ2v) is 7.28. The van der Waals surface area contributed by atoms with E-state index in [-0.39, 0.29) is 0 Å². The molecule has 0 radical (unpaired) electrons. The van der Waals surface area contributed by atoms with Crippen molar-refractivity contribution in [3.8, 4) is 23.0 Å². The summed E-state index contributed by atoms with van der Waals surface area (Å²) in [5, 5.41) is 7.72. The SMILES string of the molecule is COc1cccc(C2(c3cccc(OC)c3)C=Cc3c(-c4cnco4)n[nH]c3C2)c1. The van der Waals surface area contributed by atoms with Crippen molar-refractivity contribution < 1.29 is 13.9 Å². The van der Waals surface area contributed by atoms with Crippen LogP contribution in [0.5, 0.6) is 11.5 Å². The molecule has 2 aromatic heterocycles. The number of aromatic amines is 1. The Morgan fingerprint density at radius 3 is 2.30 bits per heavy atom. The molecule has 4 aromatic rings. The highest BCUT2D eigenvalue weighted by Crippen LogP contribution is 2.44. The molecule has 5 rings (SSSR count). The molecule has 0 aliphatic heterocycles. The van der Waals surface area contributed by atoms with E-state index in [9.17, 15) is 0 Å². The minimum atomic E-state index is -0.401. The van der Waals surface area contributed by atoms with Crippen molar-refractivity contribution in [2.45, 2.75) is 11.8 Å². The number of oxazole rings is 1. The number of allylic oxidation sites excluding steroid dienone is 1. The molecule has 6 nitrogen and oxygen atoms in total. The predicted molar refractivity (Wildman–Crippen MR) is 114 cm³/mol. The van der Waals surface area contributed by atoms with Crippen LogP contribution < -0.4 is 9.47 Å². The van der Waals surface area contributed by atoms with E-state index >= 15 is 0 Å². The number of hydrogen-bond donors (Lipinski definition) is 1. The number of nitrogens with zero attached hydrogens (tertiary/aromatic N) is 2. The van der Waals surface area contributed by atoms with Gasteiger partial charge in [-0.3, -0.25) is 5.10 Å². The van der Waals surface area contributed by atoms with Crippen LogP contribution in [0.3, 0.4) is 0 Å². The number of hydrogen-bond acceptors (Lipinski definition) is 5. The minimum Gasteiger partial charge on any atom is -0.497 e. The largest absolute Gasteiger partial charge is 0.497 e. The van der Waals surface area contributed by atoms with Gasteiger partial charge in [-0.15, -0.1) is 0 Å². The zero-order valence-corrected chi connectivity index (χ0v) is 16.8. The first kappa shape index (κ1) is 18.2. The third-order valence-electron chi connectivity index (χ3n) is 5.71. The number of benzene rings is 2. The van der Waals surface area contributed by atoms with Gasteiger partial charge in [-0.05, 0) is 35.4 Å². The van der Waals surface area contributed by atoms with E-state index in [4.69, 9.17) is 13.9 Å². The standard InChI is InChI=1S/C24H21N3O3/c1-28-18-7-3-5-16(11-18)24(17-6-4-8-19(12-17)29-2)10-9-20-21(13-24)26-27-23(20)22-14-25-15-30-22/h3-12,14-15H,13H2,1-2H3,(H,26,27). The quantitative estimate of drug-likeness (QED) is 0.529. The second kappa shape index (κ2) is 7.22. The number of methoxy groups -OCH3 is 2. The first-order valence-electron chi connectivity index (χ1n) is 9.68. The van der Waals surface area contributed by atoms with Gasteiger partial charge in [0.2, 0.25) is 0 Å². The van der Waals surface area contributed by atoms with Crippen molar-refractivity contribution in [3.05, 3.63) is 89.6 Å². The molecule has 0 spiro atoms. The normalized spacial score (nSPS) is 14.3. The molecule has 0 unspecified atom stereocenters. The Morgan fingerprint density at radius 1 is 1.00 bits per heavy atom. The van der Waals surface area contributed by atoms with Gasteiger partial charge in [-0.2, -0.15) is 5.10 Å². The molecule has 0 atom stereocenters. The fourth-order valence-corrected chi connectivity index (χ4v) is 4.15. The highest BCUT2D eigenvalue weighted by atomic mass is 16.5. The fourth-order valence-electron chi connectivity index (χ4n) is 4.15. The summed E-state index contributed by atoms with van der Waals surface area (Å²) in [4.78, 5) is 4.02. The Kier molecular flexibility index (Phi) is 4.39. The molecule has 0 fully saturated rings. The smallest absolute Gasteiger partial charge is 0.181 e. The van der Waals surface area contributed by atoms with Gasteiger partial charge < -0.3 is 13.9 Å². The second-order valence-electron chi connectivity index (χ2n) is 7.28. The lowest BCUT2D eigenvalue weighted by Gasteiger charge is -2.34. The van der Waals surface area contributed by atoms with E-state index in [0.29, 0.717) is 12.2 Å². The molecule has 2 aromatic carbocycles. The van der Waals surface area contributed by atoms with E-state index in [1.165, 1.54) is 6.39 Å². The monoisotopic (exact) mass is 399 g/mol. The average Bonchev–Trinajstić information content (AvgIpc) is 3.48. The van der Waals surface area contributed by atoms with Gasteiger partial charge in [0, 0.05) is 23.1 Å².